The van der Waals surface area contributed by atoms with Crippen molar-refractivity contribution < 1.29 is 4.79 Å². The average Bonchev–Trinajstić information content (AvgIpc) is 2.76. The van der Waals surface area contributed by atoms with E-state index in [1.54, 1.807) is 6.07 Å². The topological polar surface area (TPSA) is 41.1 Å². The third-order valence-electron chi connectivity index (χ3n) is 2.83. The number of halogens is 1. The third kappa shape index (κ3) is 2.54. The maximum Gasteiger partial charge on any atom is 0.241 e. The monoisotopic (exact) mass is 238 g/mol. The highest BCUT2D eigenvalue weighted by Gasteiger charge is 2.22. The molecule has 1 aromatic carbocycles. The number of hydrogen-bond acceptors (Lipinski definition) is 2. The minimum absolute atomic E-state index is 0.0304. The summed E-state index contributed by atoms with van der Waals surface area (Å²) < 4.78 is 0. The van der Waals surface area contributed by atoms with Crippen LogP contribution in [0.15, 0.2) is 18.2 Å². The fraction of sp³-hybridized carbons (Fsp3) is 0.417. The average molecular weight is 239 g/mol. The summed E-state index contributed by atoms with van der Waals surface area (Å²) in [6.45, 7) is 2.88. The highest BCUT2D eigenvalue weighted by Crippen LogP contribution is 2.20. The molecular weight excluding hydrogens is 224 g/mol. The fourth-order valence-electron chi connectivity index (χ4n) is 1.86. The number of hydrogen-bond donors (Lipinski definition) is 2. The van der Waals surface area contributed by atoms with E-state index in [0.717, 1.165) is 30.6 Å². The second-order valence-electron chi connectivity index (χ2n) is 4.10. The summed E-state index contributed by atoms with van der Waals surface area (Å²) in [5.74, 6) is 0.0304. The Morgan fingerprint density at radius 2 is 2.38 bits per heavy atom. The molecular formula is C12H15ClN2O. The SMILES string of the molecule is Cc1ccc(Cl)cc1NC(=O)[C@@H]1CCCN1. The summed E-state index contributed by atoms with van der Waals surface area (Å²) in [7, 11) is 0. The lowest BCUT2D eigenvalue weighted by Gasteiger charge is -2.13. The van der Waals surface area contributed by atoms with Crippen LogP contribution >= 0.6 is 11.6 Å². The van der Waals surface area contributed by atoms with Gasteiger partial charge in [-0.15, -0.1) is 0 Å². The van der Waals surface area contributed by atoms with Crippen LogP contribution in [-0.2, 0) is 4.79 Å². The molecule has 0 bridgehead atoms. The minimum Gasteiger partial charge on any atom is -0.324 e. The number of carbonyl (C=O) groups is 1. The Bertz CT molecular complexity index is 400. The van der Waals surface area contributed by atoms with Crippen LogP contribution in [0.2, 0.25) is 5.02 Å². The van der Waals surface area contributed by atoms with Gasteiger partial charge in [-0.05, 0) is 44.0 Å². The van der Waals surface area contributed by atoms with Crippen molar-refractivity contribution >= 4 is 23.2 Å². The predicted molar refractivity (Wildman–Crippen MR) is 65.8 cm³/mol. The minimum atomic E-state index is -0.0571. The second-order valence-corrected chi connectivity index (χ2v) is 4.53. The van der Waals surface area contributed by atoms with Gasteiger partial charge in [-0.3, -0.25) is 4.79 Å². The molecule has 1 aliphatic rings. The molecule has 1 fully saturated rings. The predicted octanol–water partition coefficient (Wildman–Crippen LogP) is 2.34. The molecule has 0 spiro atoms. The Morgan fingerprint density at radius 1 is 1.56 bits per heavy atom. The zero-order valence-electron chi connectivity index (χ0n) is 9.22. The Labute approximate surface area is 100 Å². The fourth-order valence-corrected chi connectivity index (χ4v) is 2.03. The number of benzene rings is 1. The van der Waals surface area contributed by atoms with Crippen LogP contribution in [0, 0.1) is 6.92 Å². The van der Waals surface area contributed by atoms with Crippen molar-refractivity contribution in [1.82, 2.24) is 5.32 Å². The van der Waals surface area contributed by atoms with Crippen molar-refractivity contribution in [3.63, 3.8) is 0 Å². The molecule has 1 amide bonds. The maximum atomic E-state index is 11.9. The molecule has 4 heteroatoms. The molecule has 0 saturated carbocycles. The molecule has 1 saturated heterocycles. The number of rotatable bonds is 2. The van der Waals surface area contributed by atoms with E-state index < -0.39 is 0 Å². The van der Waals surface area contributed by atoms with Crippen LogP contribution in [-0.4, -0.2) is 18.5 Å². The molecule has 0 unspecified atom stereocenters. The summed E-state index contributed by atoms with van der Waals surface area (Å²) in [4.78, 5) is 11.9. The lowest BCUT2D eigenvalue weighted by atomic mass is 10.1. The molecule has 3 nitrogen and oxygen atoms in total. The summed E-state index contributed by atoms with van der Waals surface area (Å²) in [6, 6.07) is 5.45. The Hall–Kier alpha value is -1.06. The molecule has 0 aromatic heterocycles. The molecule has 0 aliphatic carbocycles. The molecule has 1 aliphatic heterocycles. The lowest BCUT2D eigenvalue weighted by Crippen LogP contribution is -2.35. The molecule has 2 N–H and O–H groups in total. The van der Waals surface area contributed by atoms with Crippen molar-refractivity contribution in [1.29, 1.82) is 0 Å². The van der Waals surface area contributed by atoms with Gasteiger partial charge in [-0.25, -0.2) is 0 Å². The Morgan fingerprint density at radius 3 is 3.06 bits per heavy atom. The van der Waals surface area contributed by atoms with E-state index in [1.165, 1.54) is 0 Å². The highest BCUT2D eigenvalue weighted by molar-refractivity contribution is 6.31. The van der Waals surface area contributed by atoms with E-state index in [1.807, 2.05) is 19.1 Å². The summed E-state index contributed by atoms with van der Waals surface area (Å²) in [6.07, 6.45) is 1.97. The normalized spacial score (nSPS) is 19.8. The first kappa shape index (κ1) is 11.4. The van der Waals surface area contributed by atoms with Gasteiger partial charge in [0.1, 0.15) is 0 Å². The van der Waals surface area contributed by atoms with Crippen LogP contribution in [0.5, 0.6) is 0 Å². The molecule has 16 heavy (non-hydrogen) atoms. The molecule has 1 aromatic rings. The van der Waals surface area contributed by atoms with E-state index in [4.69, 9.17) is 11.6 Å². The van der Waals surface area contributed by atoms with E-state index in [0.29, 0.717) is 5.02 Å². The lowest BCUT2D eigenvalue weighted by molar-refractivity contribution is -0.117. The van der Waals surface area contributed by atoms with E-state index in [-0.39, 0.29) is 11.9 Å². The van der Waals surface area contributed by atoms with Gasteiger partial charge >= 0.3 is 0 Å². The van der Waals surface area contributed by atoms with E-state index in [9.17, 15) is 4.79 Å². The molecule has 1 heterocycles. The van der Waals surface area contributed by atoms with Gasteiger partial charge in [0.15, 0.2) is 0 Å². The van der Waals surface area contributed by atoms with Crippen LogP contribution < -0.4 is 10.6 Å². The molecule has 1 atom stereocenters. The first-order valence-electron chi connectivity index (χ1n) is 5.47. The number of amides is 1. The van der Waals surface area contributed by atoms with E-state index >= 15 is 0 Å². The number of anilines is 1. The van der Waals surface area contributed by atoms with Crippen LogP contribution in [0.25, 0.3) is 0 Å². The zero-order chi connectivity index (χ0) is 11.5. The molecule has 86 valence electrons. The Kier molecular flexibility index (Phi) is 3.46. The van der Waals surface area contributed by atoms with Crippen molar-refractivity contribution in [3.8, 4) is 0 Å². The van der Waals surface area contributed by atoms with Gasteiger partial charge in [-0.1, -0.05) is 17.7 Å². The van der Waals surface area contributed by atoms with E-state index in [2.05, 4.69) is 10.6 Å². The first-order chi connectivity index (χ1) is 7.66. The molecule has 2 rings (SSSR count). The highest BCUT2D eigenvalue weighted by atomic mass is 35.5. The van der Waals surface area contributed by atoms with Gasteiger partial charge in [0.05, 0.1) is 6.04 Å². The van der Waals surface area contributed by atoms with Gasteiger partial charge < -0.3 is 10.6 Å². The standard InChI is InChI=1S/C12H15ClN2O/c1-8-4-5-9(13)7-11(8)15-12(16)10-3-2-6-14-10/h4-5,7,10,14H,2-3,6H2,1H3,(H,15,16)/t10-/m0/s1. The summed E-state index contributed by atoms with van der Waals surface area (Å²) in [5, 5.41) is 6.71. The van der Waals surface area contributed by atoms with Gasteiger partial charge in [0, 0.05) is 10.7 Å². The van der Waals surface area contributed by atoms with Gasteiger partial charge in [0.2, 0.25) is 5.91 Å². The number of nitrogens with one attached hydrogen (secondary N) is 2. The summed E-state index contributed by atoms with van der Waals surface area (Å²) in [5.41, 5.74) is 1.82. The Balaban J connectivity index is 2.07. The molecule has 0 radical (unpaired) electrons. The quantitative estimate of drug-likeness (QED) is 0.831. The number of aryl methyl sites for hydroxylation is 1. The summed E-state index contributed by atoms with van der Waals surface area (Å²) >= 11 is 5.89. The van der Waals surface area contributed by atoms with Crippen molar-refractivity contribution in [2.75, 3.05) is 11.9 Å². The van der Waals surface area contributed by atoms with Crippen molar-refractivity contribution in [2.45, 2.75) is 25.8 Å². The van der Waals surface area contributed by atoms with Crippen molar-refractivity contribution in [2.24, 2.45) is 0 Å². The first-order valence-corrected chi connectivity index (χ1v) is 5.85. The second kappa shape index (κ2) is 4.85. The van der Waals surface area contributed by atoms with Crippen LogP contribution in [0.1, 0.15) is 18.4 Å². The van der Waals surface area contributed by atoms with Crippen LogP contribution in [0.3, 0.4) is 0 Å². The largest absolute Gasteiger partial charge is 0.324 e. The third-order valence-corrected chi connectivity index (χ3v) is 3.07. The van der Waals surface area contributed by atoms with Crippen LogP contribution in [0.4, 0.5) is 5.69 Å². The maximum absolute atomic E-state index is 11.9. The van der Waals surface area contributed by atoms with Gasteiger partial charge in [-0.2, -0.15) is 0 Å². The zero-order valence-corrected chi connectivity index (χ0v) is 9.97. The van der Waals surface area contributed by atoms with Gasteiger partial charge in [0.25, 0.3) is 0 Å². The smallest absolute Gasteiger partial charge is 0.241 e. The number of carbonyl (C=O) groups excluding carboxylic acids is 1. The van der Waals surface area contributed by atoms with Crippen molar-refractivity contribution in [3.05, 3.63) is 28.8 Å².